The van der Waals surface area contributed by atoms with E-state index in [1.165, 1.54) is 4.88 Å². The molecular weight excluding hydrogens is 296 g/mol. The zero-order valence-electron chi connectivity index (χ0n) is 13.9. The summed E-state index contributed by atoms with van der Waals surface area (Å²) in [4.78, 5) is 18.0. The fourth-order valence-corrected chi connectivity index (χ4v) is 3.42. The van der Waals surface area contributed by atoms with Gasteiger partial charge in [0.15, 0.2) is 0 Å². The number of aromatic nitrogens is 3. The van der Waals surface area contributed by atoms with Crippen molar-refractivity contribution >= 4 is 17.2 Å². The number of hydrogen-bond donors (Lipinski definition) is 1. The van der Waals surface area contributed by atoms with Gasteiger partial charge in [-0.2, -0.15) is 5.10 Å². The molecule has 1 N–H and O–H groups in total. The molecule has 0 fully saturated rings. The molecule has 2 aromatic heterocycles. The van der Waals surface area contributed by atoms with E-state index in [0.29, 0.717) is 13.0 Å². The zero-order valence-corrected chi connectivity index (χ0v) is 14.8. The van der Waals surface area contributed by atoms with Gasteiger partial charge in [0.05, 0.1) is 17.4 Å². The molecule has 1 amide bonds. The average molecular weight is 320 g/mol. The van der Waals surface area contributed by atoms with Gasteiger partial charge in [-0.3, -0.25) is 9.48 Å². The number of aryl methyl sites for hydroxylation is 5. The summed E-state index contributed by atoms with van der Waals surface area (Å²) in [7, 11) is 0. The van der Waals surface area contributed by atoms with E-state index in [2.05, 4.69) is 29.2 Å². The van der Waals surface area contributed by atoms with Crippen LogP contribution < -0.4 is 5.32 Å². The highest BCUT2D eigenvalue weighted by Crippen LogP contribution is 2.24. The Kier molecular flexibility index (Phi) is 5.34. The number of hydrogen-bond acceptors (Lipinski definition) is 4. The SMILES string of the molecule is CC[C@@H](NC(=O)CCn1nc(C)cc1C)c1nc(C)c(C)s1. The zero-order chi connectivity index (χ0) is 16.3. The van der Waals surface area contributed by atoms with Gasteiger partial charge < -0.3 is 5.32 Å². The summed E-state index contributed by atoms with van der Waals surface area (Å²) in [6.45, 7) is 10.7. The molecule has 0 aliphatic rings. The molecule has 0 saturated heterocycles. The quantitative estimate of drug-likeness (QED) is 0.889. The summed E-state index contributed by atoms with van der Waals surface area (Å²) < 4.78 is 1.88. The van der Waals surface area contributed by atoms with Gasteiger partial charge in [0.25, 0.3) is 0 Å². The molecule has 2 rings (SSSR count). The van der Waals surface area contributed by atoms with Gasteiger partial charge in [-0.05, 0) is 40.2 Å². The number of nitrogens with zero attached hydrogens (tertiary/aromatic N) is 3. The summed E-state index contributed by atoms with van der Waals surface area (Å²) in [6, 6.07) is 2.03. The molecule has 0 saturated carbocycles. The molecule has 22 heavy (non-hydrogen) atoms. The monoisotopic (exact) mass is 320 g/mol. The highest BCUT2D eigenvalue weighted by atomic mass is 32.1. The van der Waals surface area contributed by atoms with Crippen molar-refractivity contribution < 1.29 is 4.79 Å². The second kappa shape index (κ2) is 7.05. The molecular formula is C16H24N4OS. The normalized spacial score (nSPS) is 12.4. The predicted octanol–water partition coefficient (Wildman–Crippen LogP) is 3.23. The van der Waals surface area contributed by atoms with E-state index in [9.17, 15) is 4.79 Å². The maximum Gasteiger partial charge on any atom is 0.222 e. The minimum Gasteiger partial charge on any atom is -0.347 e. The van der Waals surface area contributed by atoms with Crippen molar-refractivity contribution in [3.05, 3.63) is 33.0 Å². The van der Waals surface area contributed by atoms with Crippen LogP contribution in [-0.2, 0) is 11.3 Å². The maximum absolute atomic E-state index is 12.2. The van der Waals surface area contributed by atoms with Crippen LogP contribution in [0.3, 0.4) is 0 Å². The number of nitrogens with one attached hydrogen (secondary N) is 1. The Hall–Kier alpha value is -1.69. The van der Waals surface area contributed by atoms with Gasteiger partial charge in [-0.1, -0.05) is 6.92 Å². The number of amides is 1. The second-order valence-corrected chi connectivity index (χ2v) is 6.86. The minimum atomic E-state index is 0.00496. The predicted molar refractivity (Wildman–Crippen MR) is 89.1 cm³/mol. The lowest BCUT2D eigenvalue weighted by Crippen LogP contribution is -2.29. The van der Waals surface area contributed by atoms with E-state index in [1.54, 1.807) is 11.3 Å². The smallest absolute Gasteiger partial charge is 0.222 e. The summed E-state index contributed by atoms with van der Waals surface area (Å²) >= 11 is 1.67. The van der Waals surface area contributed by atoms with Crippen LogP contribution in [-0.4, -0.2) is 20.7 Å². The average Bonchev–Trinajstić information content (AvgIpc) is 2.96. The van der Waals surface area contributed by atoms with E-state index >= 15 is 0 Å². The Labute approximate surface area is 135 Å². The number of thiazole rings is 1. The topological polar surface area (TPSA) is 59.8 Å². The molecule has 0 aliphatic carbocycles. The van der Waals surface area contributed by atoms with Crippen LogP contribution in [0.5, 0.6) is 0 Å². The molecule has 1 atom stereocenters. The maximum atomic E-state index is 12.2. The van der Waals surface area contributed by atoms with E-state index in [4.69, 9.17) is 0 Å². The van der Waals surface area contributed by atoms with Gasteiger partial charge in [-0.15, -0.1) is 11.3 Å². The number of carbonyl (C=O) groups is 1. The van der Waals surface area contributed by atoms with Crippen molar-refractivity contribution in [2.45, 2.75) is 60.0 Å². The molecule has 0 aliphatic heterocycles. The van der Waals surface area contributed by atoms with Crippen molar-refractivity contribution in [1.82, 2.24) is 20.1 Å². The van der Waals surface area contributed by atoms with E-state index in [1.807, 2.05) is 31.5 Å². The highest BCUT2D eigenvalue weighted by Gasteiger charge is 2.17. The Balaban J connectivity index is 1.93. The largest absolute Gasteiger partial charge is 0.347 e. The van der Waals surface area contributed by atoms with E-state index < -0.39 is 0 Å². The van der Waals surface area contributed by atoms with Gasteiger partial charge in [0.2, 0.25) is 5.91 Å². The first-order valence-electron chi connectivity index (χ1n) is 7.65. The number of rotatable bonds is 6. The second-order valence-electron chi connectivity index (χ2n) is 5.62. The standard InChI is InChI=1S/C16H24N4OS/c1-6-14(16-17-12(4)13(5)22-16)18-15(21)7-8-20-11(3)9-10(2)19-20/h9,14H,6-8H2,1-5H3,(H,18,21)/t14-/m1/s1. The lowest BCUT2D eigenvalue weighted by atomic mass is 10.2. The molecule has 0 aromatic carbocycles. The van der Waals surface area contributed by atoms with Gasteiger partial charge in [0.1, 0.15) is 5.01 Å². The first kappa shape index (κ1) is 16.7. The van der Waals surface area contributed by atoms with Crippen LogP contribution in [0.2, 0.25) is 0 Å². The van der Waals surface area contributed by atoms with Crippen molar-refractivity contribution in [2.24, 2.45) is 0 Å². The third-order valence-corrected chi connectivity index (χ3v) is 4.93. The van der Waals surface area contributed by atoms with Crippen LogP contribution >= 0.6 is 11.3 Å². The fourth-order valence-electron chi connectivity index (χ4n) is 2.36. The van der Waals surface area contributed by atoms with E-state index in [0.717, 1.165) is 28.5 Å². The van der Waals surface area contributed by atoms with Crippen LogP contribution in [0.15, 0.2) is 6.07 Å². The summed E-state index contributed by atoms with van der Waals surface area (Å²) in [5, 5.41) is 8.47. The minimum absolute atomic E-state index is 0.00496. The molecule has 2 heterocycles. The van der Waals surface area contributed by atoms with Crippen molar-refractivity contribution in [3.8, 4) is 0 Å². The summed E-state index contributed by atoms with van der Waals surface area (Å²) in [5.41, 5.74) is 3.12. The molecule has 0 unspecified atom stereocenters. The Bertz CT molecular complexity index is 640. The first-order chi connectivity index (χ1) is 10.4. The van der Waals surface area contributed by atoms with Crippen LogP contribution in [0.1, 0.15) is 52.8 Å². The van der Waals surface area contributed by atoms with Crippen LogP contribution in [0.25, 0.3) is 0 Å². The van der Waals surface area contributed by atoms with Gasteiger partial charge >= 0.3 is 0 Å². The molecule has 0 spiro atoms. The lowest BCUT2D eigenvalue weighted by Gasteiger charge is -2.14. The third kappa shape index (κ3) is 3.94. The van der Waals surface area contributed by atoms with Gasteiger partial charge in [0, 0.05) is 23.5 Å². The Morgan fingerprint density at radius 3 is 2.59 bits per heavy atom. The van der Waals surface area contributed by atoms with E-state index in [-0.39, 0.29) is 11.9 Å². The molecule has 0 radical (unpaired) electrons. The van der Waals surface area contributed by atoms with Gasteiger partial charge in [-0.25, -0.2) is 4.98 Å². The van der Waals surface area contributed by atoms with Crippen LogP contribution in [0, 0.1) is 27.7 Å². The van der Waals surface area contributed by atoms with Crippen molar-refractivity contribution in [1.29, 1.82) is 0 Å². The third-order valence-electron chi connectivity index (χ3n) is 3.74. The summed E-state index contributed by atoms with van der Waals surface area (Å²) in [5.74, 6) is 0.0462. The van der Waals surface area contributed by atoms with Crippen molar-refractivity contribution in [3.63, 3.8) is 0 Å². The molecule has 5 nitrogen and oxygen atoms in total. The van der Waals surface area contributed by atoms with Crippen LogP contribution in [0.4, 0.5) is 0 Å². The van der Waals surface area contributed by atoms with Crippen molar-refractivity contribution in [2.75, 3.05) is 0 Å². The molecule has 120 valence electrons. The molecule has 6 heteroatoms. The summed E-state index contributed by atoms with van der Waals surface area (Å²) in [6.07, 6.45) is 1.28. The highest BCUT2D eigenvalue weighted by molar-refractivity contribution is 7.11. The first-order valence-corrected chi connectivity index (χ1v) is 8.46. The fraction of sp³-hybridized carbons (Fsp3) is 0.562. The molecule has 0 bridgehead atoms. The Morgan fingerprint density at radius 1 is 1.36 bits per heavy atom. The number of carbonyl (C=O) groups excluding carboxylic acids is 1. The Morgan fingerprint density at radius 2 is 2.09 bits per heavy atom. The lowest BCUT2D eigenvalue weighted by molar-refractivity contribution is -0.122. The molecule has 2 aromatic rings.